The molecule has 1 aliphatic rings. The van der Waals surface area contributed by atoms with Crippen LogP contribution in [0.3, 0.4) is 0 Å². The van der Waals surface area contributed by atoms with E-state index < -0.39 is 0 Å². The first kappa shape index (κ1) is 16.5. The number of fused-ring (bicyclic) bond motifs is 2. The number of nitrogens with zero attached hydrogens (tertiary/aromatic N) is 1. The number of ether oxygens (including phenoxy) is 1. The summed E-state index contributed by atoms with van der Waals surface area (Å²) in [5.41, 5.74) is 8.65. The van der Waals surface area contributed by atoms with Crippen molar-refractivity contribution in [2.75, 3.05) is 18.2 Å². The molecule has 0 aliphatic heterocycles. The number of hydrogen-bond acceptors (Lipinski definition) is 6. The molecule has 0 unspecified atom stereocenters. The van der Waals surface area contributed by atoms with Gasteiger partial charge in [-0.1, -0.05) is 0 Å². The Morgan fingerprint density at radius 3 is 2.77 bits per heavy atom. The molecule has 2 aromatic heterocycles. The van der Waals surface area contributed by atoms with E-state index in [1.165, 1.54) is 11.3 Å². The average Bonchev–Trinajstić information content (AvgIpc) is 2.97. The number of nitrogens with two attached hydrogens (primary N) is 1. The molecular weight excluding hydrogens is 350 g/mol. The first-order valence-electron chi connectivity index (χ1n) is 8.27. The first-order chi connectivity index (χ1) is 12.6. The predicted octanol–water partition coefficient (Wildman–Crippen LogP) is 3.66. The van der Waals surface area contributed by atoms with E-state index in [2.05, 4.69) is 10.3 Å². The van der Waals surface area contributed by atoms with Crippen molar-refractivity contribution in [3.05, 3.63) is 46.5 Å². The number of carbonyl (C=O) groups excluding carboxylic acids is 2. The third-order valence-corrected chi connectivity index (χ3v) is 5.59. The number of hydrogen-bond donors (Lipinski definition) is 2. The maximum absolute atomic E-state index is 12.6. The van der Waals surface area contributed by atoms with E-state index in [9.17, 15) is 9.59 Å². The van der Waals surface area contributed by atoms with Gasteiger partial charge in [-0.2, -0.15) is 0 Å². The molecule has 0 fully saturated rings. The summed E-state index contributed by atoms with van der Waals surface area (Å²) in [5.74, 6) is 0.513. The summed E-state index contributed by atoms with van der Waals surface area (Å²) in [6.07, 6.45) is 2.13. The molecule has 3 aromatic rings. The molecule has 6 nitrogen and oxygen atoms in total. The Morgan fingerprint density at radius 2 is 2.04 bits per heavy atom. The number of thiophene rings is 1. The fourth-order valence-electron chi connectivity index (χ4n) is 3.09. The highest BCUT2D eigenvalue weighted by atomic mass is 32.1. The summed E-state index contributed by atoms with van der Waals surface area (Å²) < 4.78 is 5.11. The molecule has 1 amide bonds. The van der Waals surface area contributed by atoms with Gasteiger partial charge in [0, 0.05) is 23.1 Å². The summed E-state index contributed by atoms with van der Waals surface area (Å²) in [7, 11) is 1.59. The van der Waals surface area contributed by atoms with E-state index in [4.69, 9.17) is 10.5 Å². The minimum absolute atomic E-state index is 0.0930. The fraction of sp³-hybridized carbons (Fsp3) is 0.211. The number of Topliss-reactive ketones (excluding diaryl/α,β-unsaturated/α-hetero) is 1. The Bertz CT molecular complexity index is 1020. The monoisotopic (exact) mass is 367 g/mol. The Morgan fingerprint density at radius 1 is 1.27 bits per heavy atom. The van der Waals surface area contributed by atoms with Crippen LogP contribution in [0.15, 0.2) is 30.3 Å². The minimum atomic E-state index is -0.292. The Kier molecular flexibility index (Phi) is 4.08. The molecule has 7 heteroatoms. The summed E-state index contributed by atoms with van der Waals surface area (Å²) in [6, 6.07) is 8.84. The van der Waals surface area contributed by atoms with Crippen molar-refractivity contribution >= 4 is 44.6 Å². The number of aryl methyl sites for hydroxylation is 1. The maximum atomic E-state index is 12.6. The zero-order chi connectivity index (χ0) is 18.3. The molecule has 1 aliphatic carbocycles. The van der Waals surface area contributed by atoms with Gasteiger partial charge in [-0.25, -0.2) is 4.98 Å². The third-order valence-electron chi connectivity index (χ3n) is 4.47. The van der Waals surface area contributed by atoms with Gasteiger partial charge < -0.3 is 15.8 Å². The van der Waals surface area contributed by atoms with Gasteiger partial charge in [0.15, 0.2) is 5.78 Å². The Hall–Kier alpha value is -2.93. The molecule has 0 atom stereocenters. The number of nitrogens with one attached hydrogen (secondary N) is 1. The molecule has 0 saturated heterocycles. The smallest absolute Gasteiger partial charge is 0.267 e. The lowest BCUT2D eigenvalue weighted by Gasteiger charge is -2.13. The Labute approximate surface area is 154 Å². The highest BCUT2D eigenvalue weighted by Crippen LogP contribution is 2.35. The molecule has 1 aromatic carbocycles. The Balaban J connectivity index is 1.68. The molecule has 0 radical (unpaired) electrons. The summed E-state index contributed by atoms with van der Waals surface area (Å²) in [6.45, 7) is 0. The number of rotatable bonds is 3. The molecule has 0 spiro atoms. The van der Waals surface area contributed by atoms with Gasteiger partial charge in [0.1, 0.15) is 15.5 Å². The largest absolute Gasteiger partial charge is 0.497 e. The molecule has 4 rings (SSSR count). The molecule has 0 bridgehead atoms. The molecule has 26 heavy (non-hydrogen) atoms. The number of benzene rings is 1. The lowest BCUT2D eigenvalue weighted by Crippen LogP contribution is -2.12. The first-order valence-corrected chi connectivity index (χ1v) is 9.09. The van der Waals surface area contributed by atoms with Crippen molar-refractivity contribution in [2.24, 2.45) is 0 Å². The van der Waals surface area contributed by atoms with Crippen LogP contribution in [0.4, 0.5) is 11.4 Å². The van der Waals surface area contributed by atoms with Gasteiger partial charge in [-0.3, -0.25) is 9.59 Å². The van der Waals surface area contributed by atoms with Crippen molar-refractivity contribution in [3.8, 4) is 5.75 Å². The van der Waals surface area contributed by atoms with Crippen molar-refractivity contribution in [1.29, 1.82) is 0 Å². The van der Waals surface area contributed by atoms with Crippen LogP contribution in [0.2, 0.25) is 0 Å². The highest BCUT2D eigenvalue weighted by molar-refractivity contribution is 7.21. The minimum Gasteiger partial charge on any atom is -0.497 e. The molecule has 0 saturated carbocycles. The van der Waals surface area contributed by atoms with E-state index in [0.29, 0.717) is 44.2 Å². The predicted molar refractivity (Wildman–Crippen MR) is 102 cm³/mol. The van der Waals surface area contributed by atoms with E-state index in [0.717, 1.165) is 18.5 Å². The second-order valence-electron chi connectivity index (χ2n) is 6.14. The van der Waals surface area contributed by atoms with Crippen molar-refractivity contribution < 1.29 is 14.3 Å². The van der Waals surface area contributed by atoms with E-state index in [1.54, 1.807) is 37.4 Å². The van der Waals surface area contributed by atoms with Crippen LogP contribution < -0.4 is 15.8 Å². The van der Waals surface area contributed by atoms with Crippen molar-refractivity contribution in [3.63, 3.8) is 0 Å². The molecular formula is C19H17N3O3S. The standard InChI is InChI=1S/C19H17N3O3S/c1-25-11-7-5-10(6-8-11)21-18(24)17-16(20)13-9-12-14(22-19(13)26-17)3-2-4-15(12)23/h5-9H,2-4,20H2,1H3,(H,21,24). The van der Waals surface area contributed by atoms with E-state index >= 15 is 0 Å². The van der Waals surface area contributed by atoms with Crippen LogP contribution in [0, 0.1) is 0 Å². The average molecular weight is 367 g/mol. The van der Waals surface area contributed by atoms with Gasteiger partial charge in [0.05, 0.1) is 18.5 Å². The van der Waals surface area contributed by atoms with Gasteiger partial charge in [0.25, 0.3) is 5.91 Å². The number of pyridine rings is 1. The second kappa shape index (κ2) is 6.42. The number of nitrogen functional groups attached to an aromatic ring is 1. The summed E-state index contributed by atoms with van der Waals surface area (Å²) >= 11 is 1.25. The third kappa shape index (κ3) is 2.80. The SMILES string of the molecule is COc1ccc(NC(=O)c2sc3nc4c(cc3c2N)C(=O)CCC4)cc1. The lowest BCUT2D eigenvalue weighted by molar-refractivity contribution is 0.0970. The van der Waals surface area contributed by atoms with Crippen LogP contribution in [-0.2, 0) is 6.42 Å². The van der Waals surface area contributed by atoms with Crippen LogP contribution in [0.5, 0.6) is 5.75 Å². The van der Waals surface area contributed by atoms with Crippen LogP contribution in [-0.4, -0.2) is 23.8 Å². The molecule has 3 N–H and O–H groups in total. The topological polar surface area (TPSA) is 94.3 Å². The summed E-state index contributed by atoms with van der Waals surface area (Å²) in [5, 5.41) is 3.50. The van der Waals surface area contributed by atoms with Crippen molar-refractivity contribution in [2.45, 2.75) is 19.3 Å². The number of methoxy groups -OCH3 is 1. The number of aromatic nitrogens is 1. The number of ketones is 1. The van der Waals surface area contributed by atoms with Gasteiger partial charge in [-0.15, -0.1) is 11.3 Å². The van der Waals surface area contributed by atoms with Gasteiger partial charge in [0.2, 0.25) is 0 Å². The van der Waals surface area contributed by atoms with Crippen LogP contribution in [0.25, 0.3) is 10.2 Å². The van der Waals surface area contributed by atoms with Crippen LogP contribution >= 0.6 is 11.3 Å². The second-order valence-corrected chi connectivity index (χ2v) is 7.14. The number of amides is 1. The zero-order valence-corrected chi connectivity index (χ0v) is 15.0. The van der Waals surface area contributed by atoms with E-state index in [1.807, 2.05) is 0 Å². The van der Waals surface area contributed by atoms with Crippen molar-refractivity contribution in [1.82, 2.24) is 4.98 Å². The lowest BCUT2D eigenvalue weighted by atomic mass is 9.94. The normalized spacial score (nSPS) is 13.5. The molecule has 2 heterocycles. The van der Waals surface area contributed by atoms with E-state index in [-0.39, 0.29) is 11.7 Å². The quantitative estimate of drug-likeness (QED) is 0.737. The van der Waals surface area contributed by atoms with Gasteiger partial charge in [-0.05, 0) is 43.2 Å². The zero-order valence-electron chi connectivity index (χ0n) is 14.2. The van der Waals surface area contributed by atoms with Gasteiger partial charge >= 0.3 is 0 Å². The maximum Gasteiger partial charge on any atom is 0.267 e. The fourth-order valence-corrected chi connectivity index (χ4v) is 4.08. The molecule has 132 valence electrons. The summed E-state index contributed by atoms with van der Waals surface area (Å²) in [4.78, 5) is 30.4. The van der Waals surface area contributed by atoms with Crippen LogP contribution in [0.1, 0.15) is 38.6 Å². The number of carbonyl (C=O) groups is 2. The highest BCUT2D eigenvalue weighted by Gasteiger charge is 2.23. The number of anilines is 2.